The summed E-state index contributed by atoms with van der Waals surface area (Å²) in [4.78, 5) is 2.35. The molecule has 0 unspecified atom stereocenters. The first-order valence-corrected chi connectivity index (χ1v) is 25.0. The molecular formula is C70H46N2O. The van der Waals surface area contributed by atoms with Gasteiger partial charge in [0.1, 0.15) is 11.2 Å². The Bertz CT molecular complexity index is 4300. The highest BCUT2D eigenvalue weighted by molar-refractivity contribution is 6.09. The number of benzene rings is 12. The lowest BCUT2D eigenvalue weighted by Crippen LogP contribution is -2.09. The van der Waals surface area contributed by atoms with Crippen molar-refractivity contribution in [3.05, 3.63) is 279 Å². The lowest BCUT2D eigenvalue weighted by molar-refractivity contribution is 0.669. The monoisotopic (exact) mass is 930 g/mol. The van der Waals surface area contributed by atoms with Crippen LogP contribution in [0.2, 0.25) is 0 Å². The van der Waals surface area contributed by atoms with Gasteiger partial charge in [-0.2, -0.15) is 0 Å². The van der Waals surface area contributed by atoms with E-state index < -0.39 is 0 Å². The molecule has 0 aliphatic rings. The normalized spacial score (nSPS) is 11.6. The van der Waals surface area contributed by atoms with Crippen LogP contribution in [0.25, 0.3) is 116 Å². The minimum Gasteiger partial charge on any atom is -0.456 e. The number of anilines is 3. The number of aromatic nitrogens is 1. The third-order valence-corrected chi connectivity index (χ3v) is 14.6. The van der Waals surface area contributed by atoms with Gasteiger partial charge in [-0.3, -0.25) is 0 Å². The van der Waals surface area contributed by atoms with E-state index in [-0.39, 0.29) is 0 Å². The molecule has 73 heavy (non-hydrogen) atoms. The molecule has 0 N–H and O–H groups in total. The van der Waals surface area contributed by atoms with E-state index in [0.717, 1.165) is 61.4 Å². The van der Waals surface area contributed by atoms with Crippen LogP contribution in [-0.4, -0.2) is 4.57 Å². The molecule has 0 saturated heterocycles. The van der Waals surface area contributed by atoms with Crippen molar-refractivity contribution in [1.29, 1.82) is 0 Å². The minimum absolute atomic E-state index is 0.900. The first kappa shape index (κ1) is 42.2. The zero-order chi connectivity index (χ0) is 48.2. The molecule has 0 fully saturated rings. The van der Waals surface area contributed by atoms with Crippen LogP contribution in [0.5, 0.6) is 0 Å². The number of rotatable bonds is 9. The first-order chi connectivity index (χ1) is 36.1. The summed E-state index contributed by atoms with van der Waals surface area (Å²) in [5.41, 5.74) is 20.4. The second kappa shape index (κ2) is 17.6. The van der Waals surface area contributed by atoms with Crippen LogP contribution in [0.3, 0.4) is 0 Å². The smallest absolute Gasteiger partial charge is 0.135 e. The molecule has 0 amide bonds. The van der Waals surface area contributed by atoms with E-state index in [1.807, 2.05) is 12.1 Å². The van der Waals surface area contributed by atoms with Gasteiger partial charge in [0, 0.05) is 44.3 Å². The van der Waals surface area contributed by atoms with Crippen molar-refractivity contribution in [3.63, 3.8) is 0 Å². The summed E-state index contributed by atoms with van der Waals surface area (Å²) in [5, 5.41) is 7.28. The number of hydrogen-bond acceptors (Lipinski definition) is 2. The second-order valence-electron chi connectivity index (χ2n) is 18.9. The summed E-state index contributed by atoms with van der Waals surface area (Å²) in [6, 6.07) is 101. The quantitative estimate of drug-likeness (QED) is 0.144. The molecule has 0 aliphatic heterocycles. The highest BCUT2D eigenvalue weighted by atomic mass is 16.3. The molecule has 12 aromatic carbocycles. The molecule has 0 spiro atoms. The topological polar surface area (TPSA) is 21.3 Å². The summed E-state index contributed by atoms with van der Waals surface area (Å²) in [5.74, 6) is 0. The Morgan fingerprint density at radius 3 is 1.27 bits per heavy atom. The van der Waals surface area contributed by atoms with Gasteiger partial charge in [0.2, 0.25) is 0 Å². The van der Waals surface area contributed by atoms with Crippen molar-refractivity contribution >= 4 is 71.6 Å². The fourth-order valence-corrected chi connectivity index (χ4v) is 10.9. The molecule has 0 bridgehead atoms. The van der Waals surface area contributed by atoms with Gasteiger partial charge in [0.05, 0.1) is 11.0 Å². The van der Waals surface area contributed by atoms with Crippen LogP contribution in [-0.2, 0) is 0 Å². The number of para-hydroxylation sites is 3. The van der Waals surface area contributed by atoms with Gasteiger partial charge in [-0.05, 0) is 157 Å². The van der Waals surface area contributed by atoms with E-state index in [4.69, 9.17) is 4.42 Å². The molecule has 342 valence electrons. The van der Waals surface area contributed by atoms with Crippen LogP contribution in [0.15, 0.2) is 283 Å². The fourth-order valence-electron chi connectivity index (χ4n) is 10.9. The number of fused-ring (bicyclic) bond motifs is 7. The fraction of sp³-hybridized carbons (Fsp3) is 0. The molecule has 0 atom stereocenters. The van der Waals surface area contributed by atoms with Crippen LogP contribution in [0, 0.1) is 0 Å². The standard InChI is InChI=1S/C70H46N2O/c1-2-12-53-44-57(28-27-47(53)11-1)55-14-9-13-54(43-55)51-31-38-60(39-32-51)71(61-40-33-52(34-41-61)58-35-42-70-66(46-58)65-19-5-8-22-69(65)73-70)59-36-29-49(30-37-59)48-23-25-50(26-24-48)56-15-10-16-62(45-56)72-67-20-6-3-17-63(67)64-18-4-7-21-68(64)72/h1-46H. The first-order valence-electron chi connectivity index (χ1n) is 25.0. The second-order valence-corrected chi connectivity index (χ2v) is 18.9. The van der Waals surface area contributed by atoms with Gasteiger partial charge in [0.25, 0.3) is 0 Å². The van der Waals surface area contributed by atoms with E-state index in [1.54, 1.807) is 0 Å². The summed E-state index contributed by atoms with van der Waals surface area (Å²) in [6.45, 7) is 0. The van der Waals surface area contributed by atoms with E-state index in [0.29, 0.717) is 0 Å². The molecule has 0 radical (unpaired) electrons. The average molecular weight is 931 g/mol. The molecule has 3 heteroatoms. The van der Waals surface area contributed by atoms with Crippen LogP contribution in [0.1, 0.15) is 0 Å². The molecule has 14 aromatic rings. The predicted octanol–water partition coefficient (Wildman–Crippen LogP) is 19.6. The van der Waals surface area contributed by atoms with Gasteiger partial charge < -0.3 is 13.9 Å². The van der Waals surface area contributed by atoms with Crippen molar-refractivity contribution in [2.75, 3.05) is 4.90 Å². The molecule has 2 heterocycles. The van der Waals surface area contributed by atoms with Crippen molar-refractivity contribution in [2.45, 2.75) is 0 Å². The van der Waals surface area contributed by atoms with Crippen LogP contribution < -0.4 is 4.90 Å². The van der Waals surface area contributed by atoms with E-state index in [1.165, 1.54) is 71.5 Å². The maximum Gasteiger partial charge on any atom is 0.135 e. The van der Waals surface area contributed by atoms with E-state index in [2.05, 4.69) is 276 Å². The minimum atomic E-state index is 0.900. The Morgan fingerprint density at radius 1 is 0.247 bits per heavy atom. The number of hydrogen-bond donors (Lipinski definition) is 0. The summed E-state index contributed by atoms with van der Waals surface area (Å²) in [6.07, 6.45) is 0. The summed E-state index contributed by atoms with van der Waals surface area (Å²) in [7, 11) is 0. The predicted molar refractivity (Wildman–Crippen MR) is 307 cm³/mol. The lowest BCUT2D eigenvalue weighted by Gasteiger charge is -2.26. The van der Waals surface area contributed by atoms with Gasteiger partial charge >= 0.3 is 0 Å². The third kappa shape index (κ3) is 7.63. The zero-order valence-corrected chi connectivity index (χ0v) is 39.9. The van der Waals surface area contributed by atoms with E-state index >= 15 is 0 Å². The Labute approximate surface area is 423 Å². The van der Waals surface area contributed by atoms with Gasteiger partial charge in [0.15, 0.2) is 0 Å². The third-order valence-electron chi connectivity index (χ3n) is 14.6. The highest BCUT2D eigenvalue weighted by Gasteiger charge is 2.17. The van der Waals surface area contributed by atoms with Gasteiger partial charge in [-0.25, -0.2) is 0 Å². The Hall–Kier alpha value is -9.70. The van der Waals surface area contributed by atoms with Crippen LogP contribution in [0.4, 0.5) is 17.1 Å². The largest absolute Gasteiger partial charge is 0.456 e. The lowest BCUT2D eigenvalue weighted by atomic mass is 9.97. The van der Waals surface area contributed by atoms with Crippen molar-refractivity contribution in [2.24, 2.45) is 0 Å². The van der Waals surface area contributed by atoms with E-state index in [9.17, 15) is 0 Å². The highest BCUT2D eigenvalue weighted by Crippen LogP contribution is 2.40. The SMILES string of the molecule is c1cc(-c2ccc(N(c3ccc(-c4ccc(-c5cccc(-n6c7ccccc7c7ccccc76)c5)cc4)cc3)c3ccc(-c4ccc5oc6ccccc6c5c4)cc3)cc2)cc(-c2ccc3ccccc3c2)c1. The van der Waals surface area contributed by atoms with Crippen LogP contribution >= 0.6 is 0 Å². The van der Waals surface area contributed by atoms with Crippen molar-refractivity contribution in [3.8, 4) is 61.3 Å². The maximum atomic E-state index is 6.16. The van der Waals surface area contributed by atoms with Gasteiger partial charge in [-0.1, -0.05) is 188 Å². The van der Waals surface area contributed by atoms with Crippen molar-refractivity contribution < 1.29 is 4.42 Å². The summed E-state index contributed by atoms with van der Waals surface area (Å²) < 4.78 is 8.54. The van der Waals surface area contributed by atoms with Gasteiger partial charge in [-0.15, -0.1) is 0 Å². The zero-order valence-electron chi connectivity index (χ0n) is 39.9. The Balaban J connectivity index is 0.780. The number of furan rings is 1. The molecule has 14 rings (SSSR count). The van der Waals surface area contributed by atoms with Crippen molar-refractivity contribution in [1.82, 2.24) is 4.57 Å². The molecule has 0 aliphatic carbocycles. The Morgan fingerprint density at radius 2 is 0.658 bits per heavy atom. The summed E-state index contributed by atoms with van der Waals surface area (Å²) >= 11 is 0. The average Bonchev–Trinajstić information content (AvgIpc) is 4.01. The number of nitrogens with zero attached hydrogens (tertiary/aromatic N) is 2. The molecule has 0 saturated carbocycles. The Kier molecular flexibility index (Phi) is 10.2. The maximum absolute atomic E-state index is 6.16. The molecule has 3 nitrogen and oxygen atoms in total. The molecule has 2 aromatic heterocycles. The molecular weight excluding hydrogens is 885 g/mol.